The Morgan fingerprint density at radius 2 is 0.935 bits per heavy atom. The smallest absolute Gasteiger partial charge is 0.159 e. The van der Waals surface area contributed by atoms with Crippen LogP contribution in [0.1, 0.15) is 25.0 Å². The summed E-state index contributed by atoms with van der Waals surface area (Å²) in [7, 11) is 0. The summed E-state index contributed by atoms with van der Waals surface area (Å²) < 4.78 is 0. The molecule has 0 spiro atoms. The molecule has 10 aromatic rings. The number of benzene rings is 9. The van der Waals surface area contributed by atoms with Gasteiger partial charge in [0.05, 0.1) is 11.4 Å². The van der Waals surface area contributed by atoms with Crippen molar-refractivity contribution >= 4 is 27.8 Å². The van der Waals surface area contributed by atoms with Gasteiger partial charge in [0.2, 0.25) is 0 Å². The highest BCUT2D eigenvalue weighted by atomic mass is 15.1. The topological polar surface area (TPSA) is 29.0 Å². The summed E-state index contributed by atoms with van der Waals surface area (Å²) in [6.45, 7) is 4.70. The first-order valence-corrected chi connectivity index (χ1v) is 21.4. The maximum Gasteiger partial charge on any atom is 0.159 e. The summed E-state index contributed by atoms with van der Waals surface area (Å²) in [6, 6.07) is 74.6. The van der Waals surface area contributed by atoms with Crippen molar-refractivity contribution in [3.63, 3.8) is 0 Å². The Labute approximate surface area is 362 Å². The van der Waals surface area contributed by atoms with Gasteiger partial charge in [-0.3, -0.25) is 0 Å². The summed E-state index contributed by atoms with van der Waals surface area (Å²) in [4.78, 5) is 12.7. The molecular weight excluding hydrogens is 751 g/mol. The van der Waals surface area contributed by atoms with Crippen molar-refractivity contribution in [2.75, 3.05) is 4.90 Å². The van der Waals surface area contributed by atoms with Crippen LogP contribution in [0, 0.1) is 0 Å². The van der Waals surface area contributed by atoms with E-state index in [1.807, 2.05) is 24.4 Å². The Kier molecular flexibility index (Phi) is 8.20. The molecule has 0 bridgehead atoms. The number of fused-ring (bicyclic) bond motifs is 6. The highest BCUT2D eigenvalue weighted by Gasteiger charge is 2.38. The van der Waals surface area contributed by atoms with Crippen LogP contribution in [0.2, 0.25) is 0 Å². The van der Waals surface area contributed by atoms with Gasteiger partial charge in [0.1, 0.15) is 0 Å². The van der Waals surface area contributed by atoms with Crippen molar-refractivity contribution < 1.29 is 0 Å². The monoisotopic (exact) mass is 791 g/mol. The molecule has 0 aliphatic heterocycles. The van der Waals surface area contributed by atoms with Crippen LogP contribution < -0.4 is 4.90 Å². The van der Waals surface area contributed by atoms with Gasteiger partial charge in [0, 0.05) is 45.2 Å². The standard InChI is InChI=1S/C59H41N3/c1-59(2)52-30-12-11-27-50(52)56-53(59)31-16-32-54(56)62(42-23-13-21-40(35-42)44-33-34-49-46-26-10-9-25-45(46)48-29-15-28-47(44)55(48)49)43-24-14-22-41(36-43)51-37-60-58(39-19-7-4-8-20-39)61-57(51)38-17-5-3-6-18-38/h3-37H,1-2H3. The van der Waals surface area contributed by atoms with Crippen LogP contribution >= 0.6 is 0 Å². The van der Waals surface area contributed by atoms with Crippen molar-refractivity contribution in [3.8, 4) is 78.3 Å². The predicted molar refractivity (Wildman–Crippen MR) is 258 cm³/mol. The molecule has 1 heterocycles. The largest absolute Gasteiger partial charge is 0.310 e. The molecule has 0 unspecified atom stereocenters. The average molecular weight is 792 g/mol. The molecule has 12 rings (SSSR count). The van der Waals surface area contributed by atoms with E-state index in [0.717, 1.165) is 45.0 Å². The van der Waals surface area contributed by atoms with Gasteiger partial charge in [-0.2, -0.15) is 0 Å². The van der Waals surface area contributed by atoms with Gasteiger partial charge in [0.15, 0.2) is 5.82 Å². The zero-order chi connectivity index (χ0) is 41.4. The number of hydrogen-bond donors (Lipinski definition) is 0. The van der Waals surface area contributed by atoms with Crippen LogP contribution in [0.3, 0.4) is 0 Å². The van der Waals surface area contributed by atoms with Gasteiger partial charge in [-0.1, -0.05) is 190 Å². The quantitative estimate of drug-likeness (QED) is 0.161. The van der Waals surface area contributed by atoms with Gasteiger partial charge in [-0.15, -0.1) is 0 Å². The van der Waals surface area contributed by atoms with E-state index in [4.69, 9.17) is 9.97 Å². The van der Waals surface area contributed by atoms with Crippen molar-refractivity contribution in [2.45, 2.75) is 19.3 Å². The SMILES string of the molecule is CC1(C)c2ccccc2-c2c(N(c3cccc(-c4cnc(-c5ccccc5)nc4-c4ccccc4)c3)c3cccc(-c4ccc5c6c(cccc46)-c4ccccc4-5)c3)cccc21. The van der Waals surface area contributed by atoms with Crippen molar-refractivity contribution in [2.24, 2.45) is 0 Å². The first-order chi connectivity index (χ1) is 30.5. The maximum atomic E-state index is 5.24. The second-order valence-corrected chi connectivity index (χ2v) is 16.9. The molecule has 0 fully saturated rings. The molecule has 9 aromatic carbocycles. The fourth-order valence-corrected chi connectivity index (χ4v) is 10.2. The molecule has 62 heavy (non-hydrogen) atoms. The zero-order valence-electron chi connectivity index (χ0n) is 34.5. The second-order valence-electron chi connectivity index (χ2n) is 16.9. The van der Waals surface area contributed by atoms with Crippen molar-refractivity contribution in [1.29, 1.82) is 0 Å². The Bertz CT molecular complexity index is 3360. The molecule has 3 heteroatoms. The molecule has 0 N–H and O–H groups in total. The number of anilines is 3. The van der Waals surface area contributed by atoms with Gasteiger partial charge in [-0.05, 0) is 96.7 Å². The summed E-state index contributed by atoms with van der Waals surface area (Å²) in [6.07, 6.45) is 1.99. The molecule has 1 aromatic heterocycles. The fraction of sp³-hybridized carbons (Fsp3) is 0.0508. The van der Waals surface area contributed by atoms with Crippen LogP contribution in [-0.4, -0.2) is 9.97 Å². The lowest BCUT2D eigenvalue weighted by atomic mass is 9.82. The Morgan fingerprint density at radius 3 is 1.66 bits per heavy atom. The molecule has 2 aliphatic carbocycles. The van der Waals surface area contributed by atoms with Crippen LogP contribution in [-0.2, 0) is 5.41 Å². The second kappa shape index (κ2) is 14.1. The van der Waals surface area contributed by atoms with Crippen LogP contribution in [0.15, 0.2) is 212 Å². The number of nitrogens with zero attached hydrogens (tertiary/aromatic N) is 3. The fourth-order valence-electron chi connectivity index (χ4n) is 10.2. The third kappa shape index (κ3) is 5.59. The summed E-state index contributed by atoms with van der Waals surface area (Å²) in [5.41, 5.74) is 20.9. The number of rotatable bonds is 7. The maximum absolute atomic E-state index is 5.24. The number of aromatic nitrogens is 2. The van der Waals surface area contributed by atoms with E-state index in [-0.39, 0.29) is 5.41 Å². The molecular formula is C59H41N3. The zero-order valence-corrected chi connectivity index (χ0v) is 34.5. The minimum atomic E-state index is -0.151. The summed E-state index contributed by atoms with van der Waals surface area (Å²) in [5, 5.41) is 2.60. The molecule has 3 nitrogen and oxygen atoms in total. The third-order valence-electron chi connectivity index (χ3n) is 13.1. The van der Waals surface area contributed by atoms with E-state index in [9.17, 15) is 0 Å². The van der Waals surface area contributed by atoms with Crippen molar-refractivity contribution in [3.05, 3.63) is 224 Å². The highest BCUT2D eigenvalue weighted by molar-refractivity contribution is 6.18. The first kappa shape index (κ1) is 36.0. The van der Waals surface area contributed by atoms with E-state index in [0.29, 0.717) is 5.82 Å². The third-order valence-corrected chi connectivity index (χ3v) is 13.1. The normalized spacial score (nSPS) is 12.8. The minimum Gasteiger partial charge on any atom is -0.310 e. The molecule has 0 saturated carbocycles. The Balaban J connectivity index is 1.06. The van der Waals surface area contributed by atoms with Gasteiger partial charge in [0.25, 0.3) is 0 Å². The van der Waals surface area contributed by atoms with Gasteiger partial charge in [-0.25, -0.2) is 9.97 Å². The summed E-state index contributed by atoms with van der Waals surface area (Å²) in [5.74, 6) is 0.704. The Morgan fingerprint density at radius 1 is 0.403 bits per heavy atom. The molecule has 2 aliphatic rings. The first-order valence-electron chi connectivity index (χ1n) is 21.4. The van der Waals surface area contributed by atoms with Crippen LogP contribution in [0.5, 0.6) is 0 Å². The van der Waals surface area contributed by atoms with Crippen LogP contribution in [0.25, 0.3) is 89.1 Å². The molecule has 0 radical (unpaired) electrons. The number of hydrogen-bond acceptors (Lipinski definition) is 3. The lowest BCUT2D eigenvalue weighted by Gasteiger charge is -2.29. The van der Waals surface area contributed by atoms with Gasteiger partial charge < -0.3 is 4.90 Å². The van der Waals surface area contributed by atoms with E-state index in [2.05, 4.69) is 207 Å². The predicted octanol–water partition coefficient (Wildman–Crippen LogP) is 15.7. The van der Waals surface area contributed by atoms with E-state index >= 15 is 0 Å². The lowest BCUT2D eigenvalue weighted by molar-refractivity contribution is 0.660. The lowest BCUT2D eigenvalue weighted by Crippen LogP contribution is -2.16. The van der Waals surface area contributed by atoms with E-state index in [1.54, 1.807) is 0 Å². The molecule has 292 valence electrons. The molecule has 0 atom stereocenters. The highest BCUT2D eigenvalue weighted by Crippen LogP contribution is 2.55. The minimum absolute atomic E-state index is 0.151. The van der Waals surface area contributed by atoms with Gasteiger partial charge >= 0.3 is 0 Å². The van der Waals surface area contributed by atoms with Crippen molar-refractivity contribution in [1.82, 2.24) is 9.97 Å². The van der Waals surface area contributed by atoms with E-state index < -0.39 is 0 Å². The van der Waals surface area contributed by atoms with E-state index in [1.165, 1.54) is 66.4 Å². The molecule has 0 amide bonds. The molecule has 0 saturated heterocycles. The Hall–Kier alpha value is -7.88. The summed E-state index contributed by atoms with van der Waals surface area (Å²) >= 11 is 0. The van der Waals surface area contributed by atoms with Crippen LogP contribution in [0.4, 0.5) is 17.1 Å². The average Bonchev–Trinajstić information content (AvgIpc) is 3.79.